The quantitative estimate of drug-likeness (QED) is 0.300. The van der Waals surface area contributed by atoms with Crippen LogP contribution in [0.25, 0.3) is 10.9 Å². The van der Waals surface area contributed by atoms with Gasteiger partial charge in [-0.3, -0.25) is 9.88 Å². The summed E-state index contributed by atoms with van der Waals surface area (Å²) in [4.78, 5) is 38.1. The van der Waals surface area contributed by atoms with Crippen LogP contribution in [-0.4, -0.2) is 98.5 Å². The van der Waals surface area contributed by atoms with Crippen LogP contribution in [0.2, 0.25) is 0 Å². The zero-order valence-corrected chi connectivity index (χ0v) is 24.2. The van der Waals surface area contributed by atoms with Crippen LogP contribution in [0, 0.1) is 5.92 Å². The number of carboxylic acids is 3. The third-order valence-corrected chi connectivity index (χ3v) is 6.42. The Labute approximate surface area is 264 Å². The van der Waals surface area contributed by atoms with Crippen LogP contribution in [0.3, 0.4) is 0 Å². The summed E-state index contributed by atoms with van der Waals surface area (Å²) in [5.41, 5.74) is 2.11. The zero-order chi connectivity index (χ0) is 36.3. The average molecular weight is 704 g/mol. The Kier molecular flexibility index (Phi) is 13.5. The number of carboxylic acid groups (broad SMARTS) is 3. The second-order valence-electron chi connectivity index (χ2n) is 9.93. The number of carbonyl (C=O) groups is 3. The number of halogens is 9. The van der Waals surface area contributed by atoms with E-state index in [0.29, 0.717) is 18.4 Å². The Balaban J connectivity index is 0.000000313. The summed E-state index contributed by atoms with van der Waals surface area (Å²) >= 11 is 0. The molecule has 0 aliphatic carbocycles. The van der Waals surface area contributed by atoms with E-state index >= 15 is 0 Å². The van der Waals surface area contributed by atoms with Gasteiger partial charge in [-0.15, -0.1) is 0 Å². The number of likely N-dealkylation sites (tertiary alicyclic amines) is 1. The van der Waals surface area contributed by atoms with Gasteiger partial charge in [0, 0.05) is 49.8 Å². The maximum absolute atomic E-state index is 10.6. The Hall–Kier alpha value is -4.72. The van der Waals surface area contributed by atoms with Crippen LogP contribution in [0.4, 0.5) is 39.5 Å². The molecule has 3 N–H and O–H groups in total. The highest BCUT2D eigenvalue weighted by molar-refractivity contribution is 5.78. The number of fused-ring (bicyclic) bond motifs is 1. The predicted molar refractivity (Wildman–Crippen MR) is 145 cm³/mol. The topological polar surface area (TPSA) is 159 Å². The molecule has 1 aromatic carbocycles. The molecule has 3 aromatic rings. The minimum atomic E-state index is -5.08. The predicted octanol–water partition coefficient (Wildman–Crippen LogP) is 5.20. The van der Waals surface area contributed by atoms with Gasteiger partial charge >= 0.3 is 36.4 Å². The molecule has 1 unspecified atom stereocenters. The molecule has 0 radical (unpaired) electrons. The Morgan fingerprint density at radius 3 is 1.83 bits per heavy atom. The first kappa shape index (κ1) is 39.5. The Morgan fingerprint density at radius 2 is 1.33 bits per heavy atom. The van der Waals surface area contributed by atoms with E-state index in [1.165, 1.54) is 5.39 Å². The second kappa shape index (κ2) is 16.4. The van der Waals surface area contributed by atoms with Crippen LogP contribution in [-0.2, 0) is 25.7 Å². The second-order valence-corrected chi connectivity index (χ2v) is 9.93. The molecular formula is C28H26F9N3O8. The highest BCUT2D eigenvalue weighted by atomic mass is 19.4. The minimum Gasteiger partial charge on any atom is -0.477 e. The highest BCUT2D eigenvalue weighted by Gasteiger charge is 2.53. The van der Waals surface area contributed by atoms with Gasteiger partial charge < -0.3 is 24.8 Å². The fraction of sp³-hybridized carbons (Fsp3) is 0.393. The van der Waals surface area contributed by atoms with Crippen molar-refractivity contribution < 1.29 is 78.7 Å². The number of aromatic nitrogens is 2. The van der Waals surface area contributed by atoms with Gasteiger partial charge in [-0.1, -0.05) is 30.3 Å². The lowest BCUT2D eigenvalue weighted by Crippen LogP contribution is -2.64. The number of ether oxygens (including phenoxy) is 2. The summed E-state index contributed by atoms with van der Waals surface area (Å²) in [6.45, 7) is 4.23. The molecule has 0 saturated carbocycles. The molecule has 2 aromatic heterocycles. The Bertz CT molecular complexity index is 1460. The van der Waals surface area contributed by atoms with E-state index in [-0.39, 0.29) is 5.60 Å². The van der Waals surface area contributed by atoms with E-state index in [0.717, 1.165) is 43.9 Å². The van der Waals surface area contributed by atoms with Crippen LogP contribution < -0.4 is 4.74 Å². The molecule has 4 heterocycles. The molecule has 2 saturated heterocycles. The van der Waals surface area contributed by atoms with Gasteiger partial charge in [0.15, 0.2) is 0 Å². The Morgan fingerprint density at radius 1 is 0.812 bits per heavy atom. The number of pyridine rings is 2. The maximum Gasteiger partial charge on any atom is 0.490 e. The van der Waals surface area contributed by atoms with Gasteiger partial charge in [0.1, 0.15) is 0 Å². The SMILES string of the molecule is O=C(O)C(F)(F)F.O=C(O)C(F)(F)F.O=C(O)C(F)(F)F.c1ccc(OCC2CCOC23CN(Cc2ccc4ccccc4n2)C3)nc1. The fourth-order valence-corrected chi connectivity index (χ4v) is 4.24. The van der Waals surface area contributed by atoms with Gasteiger partial charge in [0.25, 0.3) is 0 Å². The summed E-state index contributed by atoms with van der Waals surface area (Å²) in [6.07, 6.45) is -12.4. The zero-order valence-electron chi connectivity index (χ0n) is 24.2. The minimum absolute atomic E-state index is 0.0639. The number of hydrogen-bond acceptors (Lipinski definition) is 8. The highest BCUT2D eigenvalue weighted by Crippen LogP contribution is 2.40. The number of hydrogen-bond donors (Lipinski definition) is 3. The summed E-state index contributed by atoms with van der Waals surface area (Å²) in [5.74, 6) is -7.16. The molecule has 2 aliphatic rings. The van der Waals surface area contributed by atoms with E-state index in [2.05, 4.69) is 34.1 Å². The van der Waals surface area contributed by atoms with Crippen molar-refractivity contribution in [2.75, 3.05) is 26.3 Å². The van der Waals surface area contributed by atoms with Crippen molar-refractivity contribution in [3.8, 4) is 5.88 Å². The number of para-hydroxylation sites is 1. The van der Waals surface area contributed by atoms with Crippen molar-refractivity contribution in [3.63, 3.8) is 0 Å². The van der Waals surface area contributed by atoms with Gasteiger partial charge in [0.05, 0.1) is 23.4 Å². The molecule has 5 rings (SSSR count). The normalized spacial score (nSPS) is 17.0. The summed E-state index contributed by atoms with van der Waals surface area (Å²) in [6, 6.07) is 18.3. The molecular weight excluding hydrogens is 677 g/mol. The monoisotopic (exact) mass is 703 g/mol. The summed E-state index contributed by atoms with van der Waals surface area (Å²) in [7, 11) is 0. The van der Waals surface area contributed by atoms with E-state index in [1.54, 1.807) is 6.20 Å². The molecule has 11 nitrogen and oxygen atoms in total. The van der Waals surface area contributed by atoms with Crippen LogP contribution in [0.5, 0.6) is 5.88 Å². The number of alkyl halides is 9. The van der Waals surface area contributed by atoms with Crippen LogP contribution in [0.15, 0.2) is 60.8 Å². The molecule has 1 spiro atoms. The third-order valence-electron chi connectivity index (χ3n) is 6.42. The third kappa shape index (κ3) is 12.5. The summed E-state index contributed by atoms with van der Waals surface area (Å²) in [5, 5.41) is 22.6. The van der Waals surface area contributed by atoms with E-state index in [1.807, 2.05) is 30.3 Å². The number of aliphatic carboxylic acids is 3. The average Bonchev–Trinajstić information content (AvgIpc) is 3.40. The first-order valence-corrected chi connectivity index (χ1v) is 13.3. The molecule has 2 fully saturated rings. The van der Waals surface area contributed by atoms with Crippen molar-refractivity contribution in [1.29, 1.82) is 0 Å². The van der Waals surface area contributed by atoms with Crippen molar-refractivity contribution >= 4 is 28.8 Å². The molecule has 1 atom stereocenters. The summed E-state index contributed by atoms with van der Waals surface area (Å²) < 4.78 is 107. The van der Waals surface area contributed by atoms with E-state index in [4.69, 9.17) is 44.2 Å². The van der Waals surface area contributed by atoms with E-state index in [9.17, 15) is 39.5 Å². The van der Waals surface area contributed by atoms with Crippen LogP contribution >= 0.6 is 0 Å². The van der Waals surface area contributed by atoms with Gasteiger partial charge in [0.2, 0.25) is 5.88 Å². The van der Waals surface area contributed by atoms with Crippen molar-refractivity contribution in [1.82, 2.24) is 14.9 Å². The molecule has 264 valence electrons. The molecule has 48 heavy (non-hydrogen) atoms. The van der Waals surface area contributed by atoms with Gasteiger partial charge in [-0.2, -0.15) is 39.5 Å². The number of nitrogens with zero attached hydrogens (tertiary/aromatic N) is 3. The standard InChI is InChI=1S/C22H23N3O2.3C2HF3O2/c1-2-6-20-17(5-1)8-9-19(24-20)13-25-15-22(16-25)18(10-12-27-22)14-26-21-7-3-4-11-23-21;3*3-2(4,5)1(6)7/h1-9,11,18H,10,12-16H2;3*(H,6,7). The lowest BCUT2D eigenvalue weighted by atomic mass is 9.81. The number of rotatable bonds is 5. The lowest BCUT2D eigenvalue weighted by Gasteiger charge is -2.50. The van der Waals surface area contributed by atoms with Crippen LogP contribution in [0.1, 0.15) is 12.1 Å². The smallest absolute Gasteiger partial charge is 0.477 e. The molecule has 2 aliphatic heterocycles. The van der Waals surface area contributed by atoms with Crippen molar-refractivity contribution in [2.45, 2.75) is 37.1 Å². The molecule has 20 heteroatoms. The molecule has 0 amide bonds. The van der Waals surface area contributed by atoms with Gasteiger partial charge in [-0.25, -0.2) is 19.4 Å². The van der Waals surface area contributed by atoms with Gasteiger partial charge in [-0.05, 0) is 24.6 Å². The van der Waals surface area contributed by atoms with Crippen molar-refractivity contribution in [2.24, 2.45) is 5.92 Å². The molecule has 0 bridgehead atoms. The first-order valence-electron chi connectivity index (χ1n) is 13.3. The number of benzene rings is 1. The largest absolute Gasteiger partial charge is 0.490 e. The van der Waals surface area contributed by atoms with Crippen molar-refractivity contribution in [3.05, 3.63) is 66.5 Å². The van der Waals surface area contributed by atoms with E-state index < -0.39 is 36.4 Å². The first-order chi connectivity index (χ1) is 22.1. The lowest BCUT2D eigenvalue weighted by molar-refractivity contribution is -0.193. The fourth-order valence-electron chi connectivity index (χ4n) is 4.24. The maximum atomic E-state index is 10.6.